The predicted molar refractivity (Wildman–Crippen MR) is 71.2 cm³/mol. The first-order valence-corrected chi connectivity index (χ1v) is 6.20. The van der Waals surface area contributed by atoms with Gasteiger partial charge in [0.05, 0.1) is 11.4 Å². The Hall–Kier alpha value is -2.33. The number of nitrogens with zero attached hydrogens (tertiary/aromatic N) is 1. The molecule has 2 aliphatic rings. The molecule has 2 aliphatic heterocycles. The number of epoxide rings is 1. The minimum atomic E-state index is -0.471. The fraction of sp³-hybridized carbons (Fsp3) is 0.133. The van der Waals surface area contributed by atoms with Crippen LogP contribution < -0.4 is 10.6 Å². The van der Waals surface area contributed by atoms with Gasteiger partial charge >= 0.3 is 6.03 Å². The second-order valence-corrected chi connectivity index (χ2v) is 4.77. The summed E-state index contributed by atoms with van der Waals surface area (Å²) in [6, 6.07) is 15.0. The lowest BCUT2D eigenvalue weighted by molar-refractivity contribution is 0.256. The Morgan fingerprint density at radius 2 is 1.42 bits per heavy atom. The van der Waals surface area contributed by atoms with E-state index in [1.807, 2.05) is 48.5 Å². The molecule has 1 saturated heterocycles. The summed E-state index contributed by atoms with van der Waals surface area (Å²) in [5.74, 6) is 0. The van der Waals surface area contributed by atoms with Gasteiger partial charge in [-0.25, -0.2) is 4.79 Å². The van der Waals surface area contributed by atoms with Crippen LogP contribution in [-0.4, -0.2) is 6.03 Å². The van der Waals surface area contributed by atoms with Crippen molar-refractivity contribution in [1.82, 2.24) is 0 Å². The zero-order valence-electron chi connectivity index (χ0n) is 10.1. The van der Waals surface area contributed by atoms with Crippen LogP contribution >= 0.6 is 0 Å². The molecule has 4 nitrogen and oxygen atoms in total. The molecule has 94 valence electrons. The molecule has 1 fully saturated rings. The van der Waals surface area contributed by atoms with Crippen molar-refractivity contribution in [3.05, 3.63) is 59.7 Å². The zero-order chi connectivity index (χ0) is 13.0. The number of ether oxygens (including phenoxy) is 1. The quantitative estimate of drug-likeness (QED) is 0.446. The van der Waals surface area contributed by atoms with Gasteiger partial charge in [0.2, 0.25) is 0 Å². The molecule has 4 rings (SSSR count). The summed E-state index contributed by atoms with van der Waals surface area (Å²) in [5, 5.41) is 0. The second-order valence-electron chi connectivity index (χ2n) is 4.77. The number of fused-ring (bicyclic) bond motifs is 5. The van der Waals surface area contributed by atoms with Gasteiger partial charge in [0.1, 0.15) is 12.2 Å². The highest BCUT2D eigenvalue weighted by molar-refractivity contribution is 6.00. The zero-order valence-corrected chi connectivity index (χ0v) is 10.1. The van der Waals surface area contributed by atoms with E-state index in [-0.39, 0.29) is 12.2 Å². The largest absolute Gasteiger partial charge is 0.359 e. The van der Waals surface area contributed by atoms with E-state index in [1.165, 1.54) is 0 Å². The fourth-order valence-corrected chi connectivity index (χ4v) is 2.82. The average Bonchev–Trinajstić information content (AvgIpc) is 3.19. The summed E-state index contributed by atoms with van der Waals surface area (Å²) in [6.07, 6.45) is 0.0587. The van der Waals surface area contributed by atoms with Crippen LogP contribution in [-0.2, 0) is 4.74 Å². The predicted octanol–water partition coefficient (Wildman–Crippen LogP) is 3.03. The molecule has 0 spiro atoms. The maximum absolute atomic E-state index is 11.9. The molecular weight excluding hydrogens is 242 g/mol. The van der Waals surface area contributed by atoms with Crippen LogP contribution in [0.5, 0.6) is 0 Å². The van der Waals surface area contributed by atoms with Crippen LogP contribution in [0.4, 0.5) is 16.2 Å². The Bertz CT molecular complexity index is 632. The van der Waals surface area contributed by atoms with Crippen LogP contribution in [0.15, 0.2) is 48.5 Å². The first-order chi connectivity index (χ1) is 9.27. The monoisotopic (exact) mass is 254 g/mol. The number of hydrogen-bond donors (Lipinski definition) is 1. The lowest BCUT2D eigenvalue weighted by atomic mass is 10.0. The van der Waals surface area contributed by atoms with Crippen molar-refractivity contribution in [2.45, 2.75) is 12.2 Å². The number of carbonyl (C=O) groups is 1. The molecule has 0 saturated carbocycles. The fourth-order valence-electron chi connectivity index (χ4n) is 2.82. The van der Waals surface area contributed by atoms with Gasteiger partial charge in [-0.3, -0.25) is 4.90 Å². The Balaban J connectivity index is 2.02. The third-order valence-electron chi connectivity index (χ3n) is 3.68. The number of para-hydroxylation sites is 2. The molecular formula is C15H12N2O2. The van der Waals surface area contributed by atoms with Gasteiger partial charge in [-0.05, 0) is 12.1 Å². The summed E-state index contributed by atoms with van der Waals surface area (Å²) in [6.45, 7) is 0. The molecule has 0 aromatic heterocycles. The number of benzene rings is 2. The van der Waals surface area contributed by atoms with E-state index in [9.17, 15) is 4.79 Å². The van der Waals surface area contributed by atoms with Crippen molar-refractivity contribution in [3.63, 3.8) is 0 Å². The van der Waals surface area contributed by atoms with E-state index in [2.05, 4.69) is 0 Å². The van der Waals surface area contributed by atoms with Crippen molar-refractivity contribution >= 4 is 17.4 Å². The van der Waals surface area contributed by atoms with Gasteiger partial charge in [0, 0.05) is 11.1 Å². The summed E-state index contributed by atoms with van der Waals surface area (Å²) in [4.78, 5) is 13.4. The lowest BCUT2D eigenvalue weighted by Gasteiger charge is -2.23. The van der Waals surface area contributed by atoms with Crippen LogP contribution in [0.25, 0.3) is 0 Å². The van der Waals surface area contributed by atoms with E-state index < -0.39 is 6.03 Å². The number of primary amides is 1. The first-order valence-electron chi connectivity index (χ1n) is 6.20. The van der Waals surface area contributed by atoms with Gasteiger partial charge in [0.25, 0.3) is 0 Å². The minimum Gasteiger partial charge on any atom is -0.359 e. The number of hydrogen-bond acceptors (Lipinski definition) is 2. The van der Waals surface area contributed by atoms with Gasteiger partial charge < -0.3 is 10.5 Å². The van der Waals surface area contributed by atoms with Crippen molar-refractivity contribution in [1.29, 1.82) is 0 Å². The third kappa shape index (κ3) is 1.40. The number of rotatable bonds is 0. The summed E-state index contributed by atoms with van der Waals surface area (Å²) in [5.41, 5.74) is 9.23. The molecule has 0 bridgehead atoms. The molecule has 0 aliphatic carbocycles. The van der Waals surface area contributed by atoms with Crippen molar-refractivity contribution in [2.24, 2.45) is 5.73 Å². The molecule has 2 unspecified atom stereocenters. The number of anilines is 2. The highest BCUT2D eigenvalue weighted by Crippen LogP contribution is 2.58. The van der Waals surface area contributed by atoms with Crippen molar-refractivity contribution in [2.75, 3.05) is 4.90 Å². The highest BCUT2D eigenvalue weighted by atomic mass is 16.6. The van der Waals surface area contributed by atoms with E-state index in [0.29, 0.717) is 0 Å². The molecule has 2 aromatic carbocycles. The van der Waals surface area contributed by atoms with Crippen molar-refractivity contribution in [3.8, 4) is 0 Å². The maximum atomic E-state index is 11.9. The normalized spacial score (nSPS) is 22.8. The number of urea groups is 1. The molecule has 0 radical (unpaired) electrons. The molecule has 2 amide bonds. The molecule has 2 heterocycles. The number of amides is 2. The summed E-state index contributed by atoms with van der Waals surface area (Å²) < 4.78 is 5.76. The topological polar surface area (TPSA) is 58.9 Å². The van der Waals surface area contributed by atoms with Crippen molar-refractivity contribution < 1.29 is 9.53 Å². The van der Waals surface area contributed by atoms with Gasteiger partial charge in [-0.1, -0.05) is 36.4 Å². The Morgan fingerprint density at radius 3 is 1.89 bits per heavy atom. The van der Waals surface area contributed by atoms with Crippen LogP contribution in [0.2, 0.25) is 0 Å². The number of carbonyl (C=O) groups excluding carboxylic acids is 1. The van der Waals surface area contributed by atoms with E-state index >= 15 is 0 Å². The van der Waals surface area contributed by atoms with E-state index in [4.69, 9.17) is 10.5 Å². The van der Waals surface area contributed by atoms with Gasteiger partial charge in [-0.2, -0.15) is 0 Å². The molecule has 2 N–H and O–H groups in total. The summed E-state index contributed by atoms with van der Waals surface area (Å²) >= 11 is 0. The number of nitrogens with two attached hydrogens (primary N) is 1. The Morgan fingerprint density at radius 1 is 0.947 bits per heavy atom. The van der Waals surface area contributed by atoms with Crippen LogP contribution in [0.3, 0.4) is 0 Å². The van der Waals surface area contributed by atoms with Crippen LogP contribution in [0.1, 0.15) is 23.3 Å². The molecule has 4 heteroatoms. The lowest BCUT2D eigenvalue weighted by Crippen LogP contribution is -2.32. The Kier molecular flexibility index (Phi) is 2.00. The maximum Gasteiger partial charge on any atom is 0.323 e. The molecule has 2 atom stereocenters. The smallest absolute Gasteiger partial charge is 0.323 e. The minimum absolute atomic E-state index is 0.0294. The van der Waals surface area contributed by atoms with Crippen LogP contribution in [0, 0.1) is 0 Å². The second kappa shape index (κ2) is 3.59. The standard InChI is InChI=1S/C15H12N2O2/c16-15(18)17-11-7-3-1-5-9(11)13-14(19-13)10-6-2-4-8-12(10)17/h1-8,13-14H,(H2,16,18)/i15+1,16+1. The highest BCUT2D eigenvalue weighted by Gasteiger charge is 2.47. The average molecular weight is 254 g/mol. The van der Waals surface area contributed by atoms with Gasteiger partial charge in [-0.15, -0.1) is 0 Å². The van der Waals surface area contributed by atoms with E-state index in [1.54, 1.807) is 4.90 Å². The Labute approximate surface area is 110 Å². The van der Waals surface area contributed by atoms with Gasteiger partial charge in [0.15, 0.2) is 0 Å². The third-order valence-corrected chi connectivity index (χ3v) is 3.68. The SMILES string of the molecule is [15NH2][13C](=O)N1c2ccccc2C2OC2c2ccccc21. The molecule has 19 heavy (non-hydrogen) atoms. The first kappa shape index (κ1) is 10.6. The summed E-state index contributed by atoms with van der Waals surface area (Å²) in [7, 11) is 0. The van der Waals surface area contributed by atoms with E-state index in [0.717, 1.165) is 22.5 Å². The molecule has 2 aromatic rings.